The standard InChI is InChI=1S/C19H32O2/c1-13-2-4-17(5-3-13)21-12-18(20)19-9-14-6-15(10-19)8-16(7-14)11-19/h13-18,20H,2-12H2,1H3. The predicted molar refractivity (Wildman–Crippen MR) is 84.0 cm³/mol. The van der Waals surface area contributed by atoms with E-state index < -0.39 is 0 Å². The first kappa shape index (κ1) is 14.5. The maximum atomic E-state index is 10.9. The van der Waals surface area contributed by atoms with Crippen LogP contribution in [-0.4, -0.2) is 23.9 Å². The summed E-state index contributed by atoms with van der Waals surface area (Å²) in [6.45, 7) is 2.95. The van der Waals surface area contributed by atoms with Crippen molar-refractivity contribution in [2.45, 2.75) is 83.3 Å². The molecule has 5 aliphatic carbocycles. The van der Waals surface area contributed by atoms with Crippen LogP contribution in [0.2, 0.25) is 0 Å². The van der Waals surface area contributed by atoms with Gasteiger partial charge in [-0.05, 0) is 93.3 Å². The Morgan fingerprint density at radius 1 is 0.952 bits per heavy atom. The van der Waals surface area contributed by atoms with E-state index in [1.807, 2.05) is 0 Å². The summed E-state index contributed by atoms with van der Waals surface area (Å²) in [5.41, 5.74) is 0.233. The van der Waals surface area contributed by atoms with Crippen LogP contribution >= 0.6 is 0 Å². The van der Waals surface area contributed by atoms with Crippen molar-refractivity contribution in [2.75, 3.05) is 6.61 Å². The Balaban J connectivity index is 1.33. The minimum absolute atomic E-state index is 0.203. The Morgan fingerprint density at radius 2 is 1.48 bits per heavy atom. The Bertz CT molecular complexity index is 334. The van der Waals surface area contributed by atoms with Gasteiger partial charge in [-0.3, -0.25) is 0 Å². The molecule has 0 aromatic heterocycles. The first-order chi connectivity index (χ1) is 10.1. The van der Waals surface area contributed by atoms with Crippen LogP contribution in [0.25, 0.3) is 0 Å². The van der Waals surface area contributed by atoms with Crippen LogP contribution in [0.5, 0.6) is 0 Å². The lowest BCUT2D eigenvalue weighted by molar-refractivity contribution is -0.149. The Morgan fingerprint density at radius 3 is 2.00 bits per heavy atom. The topological polar surface area (TPSA) is 29.5 Å². The second-order valence-electron chi connectivity index (χ2n) is 9.01. The van der Waals surface area contributed by atoms with Crippen molar-refractivity contribution < 1.29 is 9.84 Å². The molecule has 4 bridgehead atoms. The molecule has 0 amide bonds. The second-order valence-corrected chi connectivity index (χ2v) is 9.01. The van der Waals surface area contributed by atoms with E-state index in [2.05, 4.69) is 6.92 Å². The zero-order valence-corrected chi connectivity index (χ0v) is 13.6. The Kier molecular flexibility index (Phi) is 3.82. The maximum Gasteiger partial charge on any atom is 0.0830 e. The summed E-state index contributed by atoms with van der Waals surface area (Å²) in [4.78, 5) is 0. The van der Waals surface area contributed by atoms with Crippen molar-refractivity contribution in [3.8, 4) is 0 Å². The number of ether oxygens (including phenoxy) is 1. The van der Waals surface area contributed by atoms with E-state index in [1.54, 1.807) is 0 Å². The number of aliphatic hydroxyl groups is 1. The average Bonchev–Trinajstić information content (AvgIpc) is 2.45. The highest BCUT2D eigenvalue weighted by molar-refractivity contribution is 5.04. The van der Waals surface area contributed by atoms with Crippen molar-refractivity contribution in [1.29, 1.82) is 0 Å². The van der Waals surface area contributed by atoms with Crippen LogP contribution in [0, 0.1) is 29.1 Å². The Labute approximate surface area is 129 Å². The highest BCUT2D eigenvalue weighted by atomic mass is 16.5. The highest BCUT2D eigenvalue weighted by Gasteiger charge is 2.54. The van der Waals surface area contributed by atoms with Gasteiger partial charge in [0.15, 0.2) is 0 Å². The van der Waals surface area contributed by atoms with Gasteiger partial charge in [0, 0.05) is 0 Å². The lowest BCUT2D eigenvalue weighted by Crippen LogP contribution is -2.53. The van der Waals surface area contributed by atoms with Crippen molar-refractivity contribution in [3.05, 3.63) is 0 Å². The fourth-order valence-electron chi connectivity index (χ4n) is 6.39. The summed E-state index contributed by atoms with van der Waals surface area (Å²) < 4.78 is 6.13. The van der Waals surface area contributed by atoms with Crippen LogP contribution in [-0.2, 0) is 4.74 Å². The molecule has 1 N–H and O–H groups in total. The molecule has 0 radical (unpaired) electrons. The smallest absolute Gasteiger partial charge is 0.0830 e. The van der Waals surface area contributed by atoms with Gasteiger partial charge in [0.1, 0.15) is 0 Å². The van der Waals surface area contributed by atoms with Crippen LogP contribution in [0.4, 0.5) is 0 Å². The summed E-state index contributed by atoms with van der Waals surface area (Å²) >= 11 is 0. The predicted octanol–water partition coefficient (Wildman–Crippen LogP) is 4.16. The molecule has 0 aromatic carbocycles. The van der Waals surface area contributed by atoms with Gasteiger partial charge in [0.05, 0.1) is 18.8 Å². The van der Waals surface area contributed by atoms with Crippen LogP contribution < -0.4 is 0 Å². The van der Waals surface area contributed by atoms with E-state index >= 15 is 0 Å². The molecule has 5 fully saturated rings. The molecular formula is C19H32O2. The minimum atomic E-state index is -0.203. The van der Waals surface area contributed by atoms with Gasteiger partial charge in [0.25, 0.3) is 0 Å². The fraction of sp³-hybridized carbons (Fsp3) is 1.00. The molecule has 5 aliphatic rings. The number of aliphatic hydroxyl groups excluding tert-OH is 1. The molecule has 0 aromatic rings. The molecule has 1 unspecified atom stereocenters. The maximum absolute atomic E-state index is 10.9. The van der Waals surface area contributed by atoms with Crippen molar-refractivity contribution in [1.82, 2.24) is 0 Å². The molecule has 120 valence electrons. The number of hydrogen-bond acceptors (Lipinski definition) is 2. The van der Waals surface area contributed by atoms with Gasteiger partial charge in [-0.2, -0.15) is 0 Å². The molecule has 2 nitrogen and oxygen atoms in total. The van der Waals surface area contributed by atoms with Crippen molar-refractivity contribution >= 4 is 0 Å². The van der Waals surface area contributed by atoms with E-state index in [0.717, 1.165) is 23.7 Å². The summed E-state index contributed by atoms with van der Waals surface area (Å²) in [6.07, 6.45) is 13.4. The normalized spacial score (nSPS) is 50.3. The van der Waals surface area contributed by atoms with E-state index in [4.69, 9.17) is 4.74 Å². The molecule has 1 atom stereocenters. The van der Waals surface area contributed by atoms with E-state index in [1.165, 1.54) is 64.2 Å². The molecule has 5 saturated carbocycles. The molecule has 21 heavy (non-hydrogen) atoms. The van der Waals surface area contributed by atoms with Crippen molar-refractivity contribution in [2.24, 2.45) is 29.1 Å². The summed E-state index contributed by atoms with van der Waals surface area (Å²) in [6, 6.07) is 0. The largest absolute Gasteiger partial charge is 0.390 e. The first-order valence-electron chi connectivity index (χ1n) is 9.42. The second kappa shape index (κ2) is 5.53. The fourth-order valence-corrected chi connectivity index (χ4v) is 6.39. The van der Waals surface area contributed by atoms with Gasteiger partial charge in [-0.15, -0.1) is 0 Å². The van der Waals surface area contributed by atoms with Crippen molar-refractivity contribution in [3.63, 3.8) is 0 Å². The SMILES string of the molecule is CC1CCC(OCC(O)C23CC4CC(CC(C4)C2)C3)CC1. The van der Waals surface area contributed by atoms with Crippen LogP contribution in [0.1, 0.15) is 71.1 Å². The zero-order valence-electron chi connectivity index (χ0n) is 13.6. The third kappa shape index (κ3) is 2.79. The third-order valence-corrected chi connectivity index (χ3v) is 7.25. The summed E-state index contributed by atoms with van der Waals surface area (Å²) in [7, 11) is 0. The van der Waals surface area contributed by atoms with Crippen LogP contribution in [0.15, 0.2) is 0 Å². The molecule has 0 spiro atoms. The summed E-state index contributed by atoms with van der Waals surface area (Å²) in [5.74, 6) is 3.63. The lowest BCUT2D eigenvalue weighted by Gasteiger charge is -2.58. The quantitative estimate of drug-likeness (QED) is 0.843. The van der Waals surface area contributed by atoms with Gasteiger partial charge in [0.2, 0.25) is 0 Å². The number of rotatable bonds is 4. The molecule has 5 rings (SSSR count). The van der Waals surface area contributed by atoms with E-state index in [0.29, 0.717) is 12.7 Å². The van der Waals surface area contributed by atoms with Crippen LogP contribution in [0.3, 0.4) is 0 Å². The van der Waals surface area contributed by atoms with E-state index in [9.17, 15) is 5.11 Å². The van der Waals surface area contributed by atoms with E-state index in [-0.39, 0.29) is 11.5 Å². The first-order valence-corrected chi connectivity index (χ1v) is 9.42. The molecular weight excluding hydrogens is 260 g/mol. The van der Waals surface area contributed by atoms with Gasteiger partial charge < -0.3 is 9.84 Å². The monoisotopic (exact) mass is 292 g/mol. The highest BCUT2D eigenvalue weighted by Crippen LogP contribution is 2.61. The zero-order chi connectivity index (χ0) is 14.4. The van der Waals surface area contributed by atoms with Gasteiger partial charge in [-0.25, -0.2) is 0 Å². The Hall–Kier alpha value is -0.0800. The molecule has 2 heteroatoms. The third-order valence-electron chi connectivity index (χ3n) is 7.25. The molecule has 0 saturated heterocycles. The number of hydrogen-bond donors (Lipinski definition) is 1. The molecule has 0 heterocycles. The minimum Gasteiger partial charge on any atom is -0.390 e. The summed E-state index contributed by atoms with van der Waals surface area (Å²) in [5, 5.41) is 10.9. The molecule has 0 aliphatic heterocycles. The van der Waals surface area contributed by atoms with Gasteiger partial charge >= 0.3 is 0 Å². The average molecular weight is 292 g/mol. The van der Waals surface area contributed by atoms with Gasteiger partial charge in [-0.1, -0.05) is 6.92 Å². The lowest BCUT2D eigenvalue weighted by atomic mass is 9.48.